The molecule has 0 aliphatic heterocycles. The maximum absolute atomic E-state index is 12.4. The summed E-state index contributed by atoms with van der Waals surface area (Å²) in [5.41, 5.74) is 21.2. The lowest BCUT2D eigenvalue weighted by Gasteiger charge is -2.20. The number of nitrogens with two attached hydrogens (primary N) is 4. The number of carbonyl (C=O) groups excluding carboxylic acids is 5. The van der Waals surface area contributed by atoms with E-state index in [4.69, 9.17) is 28.0 Å². The van der Waals surface area contributed by atoms with Crippen LogP contribution in [0, 0.1) is 0 Å². The van der Waals surface area contributed by atoms with E-state index in [-0.39, 0.29) is 25.7 Å². The number of hydrogen-bond donors (Lipinski definition) is 8. The minimum atomic E-state index is -1.37. The fourth-order valence-electron chi connectivity index (χ4n) is 2.55. The number of rotatable bonds is 17. The van der Waals surface area contributed by atoms with Crippen LogP contribution < -0.4 is 38.9 Å². The van der Waals surface area contributed by atoms with Crippen LogP contribution in [-0.2, 0) is 28.8 Å². The van der Waals surface area contributed by atoms with Crippen molar-refractivity contribution in [3.05, 3.63) is 0 Å². The summed E-state index contributed by atoms with van der Waals surface area (Å²) in [4.78, 5) is 69.7. The number of carbonyl (C=O) groups is 6. The Morgan fingerprint density at radius 1 is 0.781 bits per heavy atom. The number of unbranched alkanes of at least 4 members (excludes halogenated alkanes) is 1. The van der Waals surface area contributed by atoms with E-state index in [0.29, 0.717) is 25.8 Å². The standard InChI is InChI=1S/C18H33N7O7/c19-8-2-1-3-10(20)16(29)25-11(4-6-13(21)26)17(30)23-9-15(28)24-12(18(31)32)5-7-14(22)27/h10-12H,1-9,19-20H2,(H2,21,26)(H2,22,27)(H,23,30)(H,24,28)(H,25,29)(H,31,32). The molecule has 0 spiro atoms. The fourth-order valence-corrected chi connectivity index (χ4v) is 2.55. The molecule has 3 atom stereocenters. The van der Waals surface area contributed by atoms with Gasteiger partial charge in [-0.25, -0.2) is 4.79 Å². The Morgan fingerprint density at radius 3 is 1.84 bits per heavy atom. The summed E-state index contributed by atoms with van der Waals surface area (Å²) in [7, 11) is 0. The van der Waals surface area contributed by atoms with Crippen molar-refractivity contribution >= 4 is 35.5 Å². The highest BCUT2D eigenvalue weighted by Gasteiger charge is 2.25. The Balaban J connectivity index is 4.86. The van der Waals surface area contributed by atoms with Gasteiger partial charge in [0.15, 0.2) is 0 Å². The van der Waals surface area contributed by atoms with Gasteiger partial charge in [-0.1, -0.05) is 6.42 Å². The lowest BCUT2D eigenvalue weighted by molar-refractivity contribution is -0.142. The molecule has 0 aliphatic rings. The highest BCUT2D eigenvalue weighted by atomic mass is 16.4. The molecule has 0 aliphatic carbocycles. The molecule has 14 nitrogen and oxygen atoms in total. The maximum Gasteiger partial charge on any atom is 0.326 e. The Hall–Kier alpha value is -3.26. The molecule has 14 heteroatoms. The summed E-state index contributed by atoms with van der Waals surface area (Å²) in [6.45, 7) is -0.157. The second-order valence-electron chi connectivity index (χ2n) is 7.14. The predicted octanol–water partition coefficient (Wildman–Crippen LogP) is -3.86. The summed E-state index contributed by atoms with van der Waals surface area (Å²) >= 11 is 0. The van der Waals surface area contributed by atoms with Crippen LogP contribution in [0.25, 0.3) is 0 Å². The van der Waals surface area contributed by atoms with Gasteiger partial charge in [0.25, 0.3) is 0 Å². The first-order valence-corrected chi connectivity index (χ1v) is 10.1. The molecule has 0 heterocycles. The van der Waals surface area contributed by atoms with Gasteiger partial charge in [-0.05, 0) is 32.2 Å². The third-order valence-electron chi connectivity index (χ3n) is 4.35. The van der Waals surface area contributed by atoms with E-state index in [2.05, 4.69) is 16.0 Å². The molecule has 182 valence electrons. The molecule has 0 aromatic rings. The highest BCUT2D eigenvalue weighted by molar-refractivity contribution is 5.93. The van der Waals surface area contributed by atoms with Crippen LogP contribution in [0.3, 0.4) is 0 Å². The van der Waals surface area contributed by atoms with Crippen LogP contribution in [0.15, 0.2) is 0 Å². The first-order valence-electron chi connectivity index (χ1n) is 10.1. The number of amides is 5. The molecule has 0 rings (SSSR count). The van der Waals surface area contributed by atoms with Crippen LogP contribution >= 0.6 is 0 Å². The molecular formula is C18H33N7O7. The van der Waals surface area contributed by atoms with Crippen LogP contribution in [0.5, 0.6) is 0 Å². The van der Waals surface area contributed by atoms with Gasteiger partial charge in [-0.15, -0.1) is 0 Å². The summed E-state index contributed by atoms with van der Waals surface area (Å²) < 4.78 is 0. The van der Waals surface area contributed by atoms with E-state index < -0.39 is 60.2 Å². The molecule has 0 bridgehead atoms. The normalized spacial score (nSPS) is 13.3. The maximum atomic E-state index is 12.4. The molecule has 0 aromatic carbocycles. The van der Waals surface area contributed by atoms with Gasteiger partial charge in [0.2, 0.25) is 29.5 Å². The van der Waals surface area contributed by atoms with Crippen molar-refractivity contribution in [3.8, 4) is 0 Å². The van der Waals surface area contributed by atoms with Gasteiger partial charge < -0.3 is 44.0 Å². The Kier molecular flexibility index (Phi) is 13.9. The minimum absolute atomic E-state index is 0.125. The topological polar surface area (TPSA) is 263 Å². The first kappa shape index (κ1) is 28.7. The zero-order valence-electron chi connectivity index (χ0n) is 17.8. The van der Waals surface area contributed by atoms with Gasteiger partial charge in [-0.3, -0.25) is 24.0 Å². The van der Waals surface area contributed by atoms with Crippen molar-refractivity contribution in [3.63, 3.8) is 0 Å². The van der Waals surface area contributed by atoms with Crippen molar-refractivity contribution in [1.29, 1.82) is 0 Å². The highest BCUT2D eigenvalue weighted by Crippen LogP contribution is 2.02. The Labute approximate surface area is 185 Å². The van der Waals surface area contributed by atoms with E-state index in [1.165, 1.54) is 0 Å². The van der Waals surface area contributed by atoms with Gasteiger partial charge in [0, 0.05) is 12.8 Å². The number of hydrogen-bond acceptors (Lipinski definition) is 8. The predicted molar refractivity (Wildman–Crippen MR) is 112 cm³/mol. The number of aliphatic carboxylic acids is 1. The van der Waals surface area contributed by atoms with Gasteiger partial charge in [-0.2, -0.15) is 0 Å². The average Bonchev–Trinajstić information content (AvgIpc) is 2.71. The first-order chi connectivity index (χ1) is 15.0. The third-order valence-corrected chi connectivity index (χ3v) is 4.35. The van der Waals surface area contributed by atoms with E-state index in [0.717, 1.165) is 0 Å². The molecule has 0 aromatic heterocycles. The van der Waals surface area contributed by atoms with E-state index in [1.54, 1.807) is 0 Å². The van der Waals surface area contributed by atoms with Crippen LogP contribution in [0.4, 0.5) is 0 Å². The van der Waals surface area contributed by atoms with Crippen LogP contribution in [0.1, 0.15) is 44.9 Å². The molecule has 12 N–H and O–H groups in total. The second kappa shape index (κ2) is 15.5. The van der Waals surface area contributed by atoms with E-state index >= 15 is 0 Å². The fraction of sp³-hybridized carbons (Fsp3) is 0.667. The molecular weight excluding hydrogens is 426 g/mol. The minimum Gasteiger partial charge on any atom is -0.480 e. The molecule has 32 heavy (non-hydrogen) atoms. The third kappa shape index (κ3) is 13.1. The second-order valence-corrected chi connectivity index (χ2v) is 7.14. The molecule has 0 radical (unpaired) electrons. The molecule has 0 saturated heterocycles. The van der Waals surface area contributed by atoms with Crippen molar-refractivity contribution in [2.24, 2.45) is 22.9 Å². The Bertz CT molecular complexity index is 687. The van der Waals surface area contributed by atoms with Crippen molar-refractivity contribution in [1.82, 2.24) is 16.0 Å². The number of carboxylic acid groups (broad SMARTS) is 1. The van der Waals surface area contributed by atoms with Crippen molar-refractivity contribution < 1.29 is 33.9 Å². The number of carboxylic acids is 1. The number of nitrogens with one attached hydrogen (secondary N) is 3. The zero-order chi connectivity index (χ0) is 24.7. The molecule has 0 saturated carbocycles. The molecule has 3 unspecified atom stereocenters. The Morgan fingerprint density at radius 2 is 1.34 bits per heavy atom. The quantitative estimate of drug-likeness (QED) is 0.0987. The largest absolute Gasteiger partial charge is 0.480 e. The lowest BCUT2D eigenvalue weighted by atomic mass is 10.1. The summed E-state index contributed by atoms with van der Waals surface area (Å²) in [5.74, 6) is -5.04. The lowest BCUT2D eigenvalue weighted by Crippen LogP contribution is -2.53. The molecule has 5 amide bonds. The van der Waals surface area contributed by atoms with Crippen molar-refractivity contribution in [2.75, 3.05) is 13.1 Å². The average molecular weight is 460 g/mol. The summed E-state index contributed by atoms with van der Waals surface area (Å²) in [5, 5.41) is 15.9. The van der Waals surface area contributed by atoms with Crippen LogP contribution in [-0.4, -0.2) is 71.8 Å². The monoisotopic (exact) mass is 459 g/mol. The van der Waals surface area contributed by atoms with E-state index in [1.807, 2.05) is 0 Å². The SMILES string of the molecule is NCCCCC(N)C(=O)NC(CCC(N)=O)C(=O)NCC(=O)NC(CCC(N)=O)C(=O)O. The van der Waals surface area contributed by atoms with Gasteiger partial charge in [0.05, 0.1) is 12.6 Å². The smallest absolute Gasteiger partial charge is 0.326 e. The van der Waals surface area contributed by atoms with Crippen LogP contribution in [0.2, 0.25) is 0 Å². The number of primary amides is 2. The van der Waals surface area contributed by atoms with Gasteiger partial charge >= 0.3 is 5.97 Å². The summed E-state index contributed by atoms with van der Waals surface area (Å²) in [6.07, 6.45) is 0.835. The zero-order valence-corrected chi connectivity index (χ0v) is 17.8. The summed E-state index contributed by atoms with van der Waals surface area (Å²) in [6, 6.07) is -3.45. The van der Waals surface area contributed by atoms with Crippen molar-refractivity contribution in [2.45, 2.75) is 63.1 Å². The van der Waals surface area contributed by atoms with Gasteiger partial charge in [0.1, 0.15) is 12.1 Å². The van der Waals surface area contributed by atoms with E-state index in [9.17, 15) is 28.8 Å². The molecule has 0 fully saturated rings.